The number of nitro groups is 2. The Balaban J connectivity index is -0.00000223. The third-order valence-electron chi connectivity index (χ3n) is 12.8. The average molecular weight is 1490 g/mol. The number of nitrogens with two attached hydrogens (primary N) is 1. The first-order chi connectivity index (χ1) is 48.1. The Hall–Kier alpha value is -7.66. The van der Waals surface area contributed by atoms with E-state index in [1.54, 1.807) is 62.3 Å². The molecule has 0 aliphatic carbocycles. The maximum Gasteiger partial charge on any atom is 0.407 e. The van der Waals surface area contributed by atoms with Crippen LogP contribution in [0, 0.1) is 20.2 Å². The highest BCUT2D eigenvalue weighted by Gasteiger charge is 2.44. The topological polar surface area (TPSA) is 539 Å². The molecule has 0 unspecified atom stereocenters. The smallest absolute Gasteiger partial charge is 0.407 e. The van der Waals surface area contributed by atoms with Crippen LogP contribution < -0.4 is 43.0 Å². The summed E-state index contributed by atoms with van der Waals surface area (Å²) in [6, 6.07) is 0. The molecule has 0 atom stereocenters. The van der Waals surface area contributed by atoms with Crippen LogP contribution in [0.3, 0.4) is 0 Å². The van der Waals surface area contributed by atoms with Crippen molar-refractivity contribution in [2.45, 2.75) is 194 Å². The third kappa shape index (κ3) is 67.3. The predicted molar refractivity (Wildman–Crippen MR) is 369 cm³/mol. The van der Waals surface area contributed by atoms with Crippen molar-refractivity contribution >= 4 is 60.0 Å². The molecule has 12 N–H and O–H groups in total. The number of carbonyl (C=O) groups is 10. The van der Waals surface area contributed by atoms with Gasteiger partial charge in [-0.25, -0.2) is 19.2 Å². The number of hydrogen-bond donors (Lipinski definition) is 11. The van der Waals surface area contributed by atoms with Crippen molar-refractivity contribution in [1.82, 2.24) is 37.2 Å². The van der Waals surface area contributed by atoms with Crippen LogP contribution in [0.1, 0.15) is 160 Å². The Morgan fingerprint density at radius 1 is 0.301 bits per heavy atom. The molecule has 0 radical (unpaired) electrons. The van der Waals surface area contributed by atoms with E-state index in [2.05, 4.69) is 37.2 Å². The van der Waals surface area contributed by atoms with Crippen LogP contribution in [0.5, 0.6) is 0 Å². The molecule has 39 nitrogen and oxygen atoms in total. The fourth-order valence-electron chi connectivity index (χ4n) is 7.94. The quantitative estimate of drug-likeness (QED) is 0.0180. The van der Waals surface area contributed by atoms with Gasteiger partial charge in [0.1, 0.15) is 22.4 Å². The second-order valence-corrected chi connectivity index (χ2v) is 26.6. The largest absolute Gasteiger partial charge is 0.481 e. The van der Waals surface area contributed by atoms with Crippen molar-refractivity contribution < 1.29 is 130 Å². The minimum Gasteiger partial charge on any atom is -0.481 e. The van der Waals surface area contributed by atoms with Crippen LogP contribution in [0.2, 0.25) is 0 Å². The van der Waals surface area contributed by atoms with Crippen molar-refractivity contribution in [2.75, 3.05) is 158 Å². The summed E-state index contributed by atoms with van der Waals surface area (Å²) >= 11 is 0. The van der Waals surface area contributed by atoms with Gasteiger partial charge in [-0.15, -0.1) is 0 Å². The lowest BCUT2D eigenvalue weighted by Gasteiger charge is -2.25. The number of hydrogen-bond acceptors (Lipinski definition) is 27. The van der Waals surface area contributed by atoms with Gasteiger partial charge < -0.3 is 115 Å². The summed E-state index contributed by atoms with van der Waals surface area (Å²) in [5.74, 6) is -5.15. The number of carboxylic acids is 3. The number of ether oxygens (including phenoxy) is 12. The van der Waals surface area contributed by atoms with Crippen LogP contribution in [0.25, 0.3) is 0 Å². The first kappa shape index (κ1) is 99.5. The molecular formula is C64H120N10O29. The van der Waals surface area contributed by atoms with E-state index in [1.807, 2.05) is 20.8 Å². The molecule has 0 aromatic heterocycles. The van der Waals surface area contributed by atoms with Gasteiger partial charge in [-0.05, 0) is 83.1 Å². The normalized spacial score (nSPS) is 11.6. The van der Waals surface area contributed by atoms with E-state index in [4.69, 9.17) is 77.9 Å². The molecule has 0 saturated carbocycles. The molecule has 0 bridgehead atoms. The lowest BCUT2D eigenvalue weighted by atomic mass is 9.84. The molecule has 0 fully saturated rings. The van der Waals surface area contributed by atoms with Crippen LogP contribution in [0.15, 0.2) is 0 Å². The monoisotopic (exact) mass is 1490 g/mol. The van der Waals surface area contributed by atoms with Gasteiger partial charge in [0.25, 0.3) is 0 Å². The number of rotatable bonds is 55. The number of carbonyl (C=O) groups excluding carboxylic acids is 7. The molecular weight excluding hydrogens is 1370 g/mol. The zero-order valence-electron chi connectivity index (χ0n) is 62.4. The fourth-order valence-corrected chi connectivity index (χ4v) is 7.94. The number of amides is 7. The molecule has 0 saturated heterocycles. The van der Waals surface area contributed by atoms with E-state index in [0.29, 0.717) is 39.5 Å². The Bertz CT molecular complexity index is 2240. The van der Waals surface area contributed by atoms with Gasteiger partial charge in [0, 0.05) is 120 Å². The van der Waals surface area contributed by atoms with Gasteiger partial charge >= 0.3 is 42.3 Å². The molecule has 600 valence electrons. The van der Waals surface area contributed by atoms with E-state index >= 15 is 0 Å². The zero-order valence-corrected chi connectivity index (χ0v) is 62.4. The summed E-state index contributed by atoms with van der Waals surface area (Å²) in [7, 11) is 0. The van der Waals surface area contributed by atoms with Crippen molar-refractivity contribution in [3.63, 3.8) is 0 Å². The van der Waals surface area contributed by atoms with Crippen molar-refractivity contribution in [1.29, 1.82) is 0 Å². The molecule has 103 heavy (non-hydrogen) atoms. The van der Waals surface area contributed by atoms with Crippen LogP contribution >= 0.6 is 0 Å². The highest BCUT2D eigenvalue weighted by molar-refractivity contribution is 5.77. The van der Waals surface area contributed by atoms with Gasteiger partial charge in [0.05, 0.1) is 125 Å². The maximum absolute atomic E-state index is 12.8. The molecule has 0 aromatic carbocycles. The SMILES string of the molecule is CC(C)(C)OC(=O)NCCOCCOCCN.CC(C)(C)OC(=O)NCCOCCOCCNC(=O)CCC(CCC(=O)NCCOCCOCCNC(=O)OC(C)(C)C)(CCC(=O)NCCOCCOCCNC(=O)OC(C)(C)C)[N+](=O)[O-].O=C(O)CCC(CCC(=O)O)(CCC(=O)O)[N+](=O)[O-]. The Morgan fingerprint density at radius 3 is 0.641 bits per heavy atom. The summed E-state index contributed by atoms with van der Waals surface area (Å²) in [4.78, 5) is 138. The van der Waals surface area contributed by atoms with Crippen molar-refractivity contribution in [3.8, 4) is 0 Å². The summed E-state index contributed by atoms with van der Waals surface area (Å²) in [5.41, 5.74) is -0.630. The maximum atomic E-state index is 12.8. The number of nitrogens with one attached hydrogen (secondary N) is 7. The van der Waals surface area contributed by atoms with Crippen LogP contribution in [-0.4, -0.2) is 277 Å². The van der Waals surface area contributed by atoms with Crippen molar-refractivity contribution in [2.24, 2.45) is 5.73 Å². The van der Waals surface area contributed by atoms with Gasteiger partial charge in [0.2, 0.25) is 28.8 Å². The number of alkyl carbamates (subject to hydrolysis) is 4. The first-order valence-electron chi connectivity index (χ1n) is 34.0. The molecule has 0 spiro atoms. The highest BCUT2D eigenvalue weighted by atomic mass is 16.6. The number of nitrogens with zero attached hydrogens (tertiary/aromatic N) is 2. The van der Waals surface area contributed by atoms with Gasteiger partial charge in [0.15, 0.2) is 0 Å². The van der Waals surface area contributed by atoms with Crippen LogP contribution in [-0.2, 0) is 85.6 Å². The first-order valence-corrected chi connectivity index (χ1v) is 34.0. The number of carboxylic acid groups (broad SMARTS) is 3. The molecule has 0 aliphatic rings. The molecule has 39 heteroatoms. The Labute approximate surface area is 603 Å². The molecule has 0 rings (SSSR count). The average Bonchev–Trinajstić information content (AvgIpc) is 0.844. The van der Waals surface area contributed by atoms with E-state index in [-0.39, 0.29) is 157 Å². The van der Waals surface area contributed by atoms with Gasteiger partial charge in [-0.1, -0.05) is 0 Å². The van der Waals surface area contributed by atoms with Gasteiger partial charge in [-0.3, -0.25) is 49.0 Å². The molecule has 7 amide bonds. The fraction of sp³-hybridized carbons (Fsp3) is 0.844. The Morgan fingerprint density at radius 2 is 0.476 bits per heavy atom. The standard InChI is InChI=1S/C43H81N7O17.C11H24N2O4.C10H15NO8/c1-40(2,3)65-37(54)47-19-25-62-31-28-59-22-16-44-34(51)10-13-43(50(57)58,14-11-35(52)45-17-23-60-29-32-63-26-20-48-38(55)66-41(4,5)6)15-12-36(53)46-18-24-61-30-33-64-27-21-49-39(56)67-42(7,8)9;1-11(2,3)17-10(14)13-5-7-16-9-8-15-6-4-12;12-7(13)1-4-10(11(18)19,5-2-8(14)15)6-3-9(16)17/h10-33H2,1-9H3,(H,44,51)(H,45,52)(H,46,53)(H,47,54)(H,48,55)(H,49,56);4-9,12H2,1-3H3,(H,13,14);1-6H2,(H,12,13)(H,14,15)(H,16,17). The summed E-state index contributed by atoms with van der Waals surface area (Å²) in [6.45, 7) is 28.0. The minimum atomic E-state index is -1.82. The lowest BCUT2D eigenvalue weighted by molar-refractivity contribution is -0.573. The molecule has 0 aromatic rings. The highest BCUT2D eigenvalue weighted by Crippen LogP contribution is 2.31. The Kier molecular flexibility index (Phi) is 55.8. The van der Waals surface area contributed by atoms with Gasteiger partial charge in [-0.2, -0.15) is 0 Å². The molecule has 0 aliphatic heterocycles. The lowest BCUT2D eigenvalue weighted by Crippen LogP contribution is -2.43. The summed E-state index contributed by atoms with van der Waals surface area (Å²) < 4.78 is 63.4. The molecule has 0 heterocycles. The van der Waals surface area contributed by atoms with Crippen molar-refractivity contribution in [3.05, 3.63) is 20.2 Å². The minimum absolute atomic E-state index is 0.133. The van der Waals surface area contributed by atoms with Crippen LogP contribution in [0.4, 0.5) is 19.2 Å². The predicted octanol–water partition coefficient (Wildman–Crippen LogP) is 3.46. The summed E-state index contributed by atoms with van der Waals surface area (Å²) in [5, 5.41) is 67.7. The van der Waals surface area contributed by atoms with E-state index < -0.39 is 142 Å². The van der Waals surface area contributed by atoms with E-state index in [0.717, 1.165) is 0 Å². The summed E-state index contributed by atoms with van der Waals surface area (Å²) in [6.07, 6.45) is -6.19. The van der Waals surface area contributed by atoms with E-state index in [1.165, 1.54) is 0 Å². The second kappa shape index (κ2) is 57.7. The number of aliphatic carboxylic acids is 3. The third-order valence-corrected chi connectivity index (χ3v) is 12.8. The zero-order chi connectivity index (χ0) is 78.8. The second-order valence-electron chi connectivity index (χ2n) is 26.6. The van der Waals surface area contributed by atoms with E-state index in [9.17, 15) is 68.2 Å².